The van der Waals surface area contributed by atoms with Crippen LogP contribution in [0.1, 0.15) is 470 Å². The fourth-order valence-corrected chi connectivity index (χ4v) is 13.3. The number of unbranched alkanes of at least 4 members (excludes halogenated alkanes) is 64. The zero-order chi connectivity index (χ0) is 65.6. The molecule has 0 radical (unpaired) electrons. The summed E-state index contributed by atoms with van der Waals surface area (Å²) in [6.45, 7) is 4.92. The van der Waals surface area contributed by atoms with Gasteiger partial charge < -0.3 is 20.3 Å². The first-order chi connectivity index (χ1) is 45.0. The van der Waals surface area contributed by atoms with Crippen molar-refractivity contribution in [3.63, 3.8) is 0 Å². The highest BCUT2D eigenvalue weighted by Gasteiger charge is 2.18. The van der Waals surface area contributed by atoms with Crippen LogP contribution >= 0.6 is 0 Å². The number of esters is 1. The fourth-order valence-electron chi connectivity index (χ4n) is 13.3. The van der Waals surface area contributed by atoms with Crippen LogP contribution < -0.4 is 5.32 Å². The smallest absolute Gasteiger partial charge is 0.305 e. The van der Waals surface area contributed by atoms with E-state index in [1.54, 1.807) is 6.08 Å². The number of rotatable bonds is 79. The maximum atomic E-state index is 12.6. The second-order valence-corrected chi connectivity index (χ2v) is 28.8. The number of nitrogens with one attached hydrogen (secondary N) is 1. The number of ether oxygens (including phenoxy) is 1. The molecule has 0 rings (SSSR count). The summed E-state index contributed by atoms with van der Waals surface area (Å²) in [6, 6.07) is -0.626. The maximum Gasteiger partial charge on any atom is 0.305 e. The van der Waals surface area contributed by atoms with Crippen molar-refractivity contribution >= 4 is 11.9 Å². The van der Waals surface area contributed by atoms with Crippen LogP contribution in [0.3, 0.4) is 0 Å². The van der Waals surface area contributed by atoms with E-state index in [-0.39, 0.29) is 18.5 Å². The minimum Gasteiger partial charge on any atom is -0.466 e. The van der Waals surface area contributed by atoms with Gasteiger partial charge in [-0.1, -0.05) is 416 Å². The Hall–Kier alpha value is -1.92. The number of aliphatic hydroxyl groups is 2. The summed E-state index contributed by atoms with van der Waals surface area (Å²) < 4.78 is 5.48. The normalized spacial score (nSPS) is 12.6. The quantitative estimate of drug-likeness (QED) is 0.0320. The Labute approximate surface area is 570 Å². The van der Waals surface area contributed by atoms with Gasteiger partial charge in [-0.3, -0.25) is 9.59 Å². The molecule has 0 bridgehead atoms. The molecular formula is C85H163NO5. The van der Waals surface area contributed by atoms with Gasteiger partial charge in [0.25, 0.3) is 0 Å². The summed E-state index contributed by atoms with van der Waals surface area (Å²) in [4.78, 5) is 24.6. The molecule has 538 valence electrons. The topological polar surface area (TPSA) is 95.9 Å². The van der Waals surface area contributed by atoms with Gasteiger partial charge in [0, 0.05) is 12.8 Å². The lowest BCUT2D eigenvalue weighted by Crippen LogP contribution is -2.45. The zero-order valence-electron chi connectivity index (χ0n) is 61.9. The molecule has 0 aromatic heterocycles. The maximum absolute atomic E-state index is 12.6. The van der Waals surface area contributed by atoms with E-state index in [9.17, 15) is 19.8 Å². The molecule has 0 aliphatic heterocycles. The van der Waals surface area contributed by atoms with E-state index in [0.29, 0.717) is 19.4 Å². The number of carbonyl (C=O) groups excluding carboxylic acids is 2. The van der Waals surface area contributed by atoms with Gasteiger partial charge in [-0.25, -0.2) is 0 Å². The molecule has 2 atom stereocenters. The standard InChI is InChI=1S/C85H163NO5/c1-3-5-7-9-11-13-15-16-17-18-19-20-21-39-42-45-48-51-54-58-61-65-69-73-77-83(88)82(81-87)86-84(89)78-74-70-66-62-59-55-52-49-46-43-40-37-35-33-31-29-27-25-23-22-24-26-28-30-32-34-36-38-41-44-47-50-53-56-60-64-68-72-76-80-91-85(90)79-75-71-67-63-57-14-12-10-8-6-4-2/h10,12,22-23,73,77,82-83,87-88H,3-9,11,13-21,24-72,74-76,78-81H2,1-2H3,(H,86,89)/b12-10-,23-22-,77-73+. The minimum absolute atomic E-state index is 0.0118. The van der Waals surface area contributed by atoms with E-state index in [1.165, 1.54) is 398 Å². The summed E-state index contributed by atoms with van der Waals surface area (Å²) in [5, 5.41) is 23.3. The van der Waals surface area contributed by atoms with Crippen molar-refractivity contribution < 1.29 is 24.5 Å². The van der Waals surface area contributed by atoms with Crippen molar-refractivity contribution in [3.05, 3.63) is 36.5 Å². The Balaban J connectivity index is 3.35. The van der Waals surface area contributed by atoms with Gasteiger partial charge in [0.15, 0.2) is 0 Å². The van der Waals surface area contributed by atoms with Crippen molar-refractivity contribution in [3.8, 4) is 0 Å². The van der Waals surface area contributed by atoms with Crippen LogP contribution in [0, 0.1) is 0 Å². The molecule has 3 N–H and O–H groups in total. The Morgan fingerprint density at radius 2 is 0.527 bits per heavy atom. The van der Waals surface area contributed by atoms with Crippen LogP contribution in [0.25, 0.3) is 0 Å². The van der Waals surface area contributed by atoms with Gasteiger partial charge in [-0.15, -0.1) is 0 Å². The lowest BCUT2D eigenvalue weighted by Gasteiger charge is -2.20. The summed E-state index contributed by atoms with van der Waals surface area (Å²) in [5.74, 6) is -0.0465. The molecule has 0 heterocycles. The Morgan fingerprint density at radius 1 is 0.297 bits per heavy atom. The van der Waals surface area contributed by atoms with Crippen LogP contribution in [0.2, 0.25) is 0 Å². The Kier molecular flexibility index (Phi) is 78.8. The molecule has 0 aromatic rings. The van der Waals surface area contributed by atoms with E-state index < -0.39 is 12.1 Å². The summed E-state index contributed by atoms with van der Waals surface area (Å²) >= 11 is 0. The third-order valence-corrected chi connectivity index (χ3v) is 19.6. The van der Waals surface area contributed by atoms with Gasteiger partial charge in [0.1, 0.15) is 0 Å². The van der Waals surface area contributed by atoms with E-state index >= 15 is 0 Å². The van der Waals surface area contributed by atoms with Gasteiger partial charge >= 0.3 is 5.97 Å². The number of aliphatic hydroxyl groups excluding tert-OH is 2. The van der Waals surface area contributed by atoms with E-state index in [0.717, 1.165) is 44.9 Å². The highest BCUT2D eigenvalue weighted by molar-refractivity contribution is 5.76. The van der Waals surface area contributed by atoms with E-state index in [1.807, 2.05) is 6.08 Å². The average Bonchev–Trinajstić information content (AvgIpc) is 3.68. The molecule has 91 heavy (non-hydrogen) atoms. The molecule has 0 spiro atoms. The molecule has 0 saturated carbocycles. The zero-order valence-corrected chi connectivity index (χ0v) is 61.9. The second-order valence-electron chi connectivity index (χ2n) is 28.8. The molecule has 6 heteroatoms. The van der Waals surface area contributed by atoms with Crippen LogP contribution in [0.4, 0.5) is 0 Å². The SMILES string of the molecule is CCCC/C=C\CCCCCCCC(=O)OCCCCCCCCCCCCCCCCCCCC/C=C\CCCCCCCCCCCCCCCCCCCC(=O)NC(CO)C(O)/C=C/CCCCCCCCCCCCCCCCCCCCCCCC. The van der Waals surface area contributed by atoms with Crippen LogP contribution in [-0.4, -0.2) is 47.4 Å². The van der Waals surface area contributed by atoms with Crippen LogP contribution in [0.15, 0.2) is 36.5 Å². The van der Waals surface area contributed by atoms with Crippen LogP contribution in [0.5, 0.6) is 0 Å². The molecule has 1 amide bonds. The summed E-state index contributed by atoms with van der Waals surface area (Å²) in [7, 11) is 0. The predicted molar refractivity (Wildman–Crippen MR) is 403 cm³/mol. The highest BCUT2D eigenvalue weighted by atomic mass is 16.5. The van der Waals surface area contributed by atoms with Crippen molar-refractivity contribution in [2.24, 2.45) is 0 Å². The number of allylic oxidation sites excluding steroid dienone is 5. The second kappa shape index (κ2) is 80.5. The first-order valence-electron chi connectivity index (χ1n) is 41.8. The van der Waals surface area contributed by atoms with Gasteiger partial charge in [-0.2, -0.15) is 0 Å². The first kappa shape index (κ1) is 89.1. The number of hydrogen-bond acceptors (Lipinski definition) is 5. The third kappa shape index (κ3) is 77.0. The molecule has 0 aliphatic carbocycles. The lowest BCUT2D eigenvalue weighted by atomic mass is 10.0. The van der Waals surface area contributed by atoms with Crippen molar-refractivity contribution in [1.29, 1.82) is 0 Å². The third-order valence-electron chi connectivity index (χ3n) is 19.6. The molecule has 2 unspecified atom stereocenters. The predicted octanol–water partition coefficient (Wildman–Crippen LogP) is 27.8. The van der Waals surface area contributed by atoms with Gasteiger partial charge in [0.2, 0.25) is 5.91 Å². The largest absolute Gasteiger partial charge is 0.466 e. The summed E-state index contributed by atoms with van der Waals surface area (Å²) in [5.41, 5.74) is 0. The van der Waals surface area contributed by atoms with Crippen molar-refractivity contribution in [2.75, 3.05) is 13.2 Å². The molecule has 0 aliphatic rings. The van der Waals surface area contributed by atoms with Gasteiger partial charge in [-0.05, 0) is 77.0 Å². The average molecular weight is 1280 g/mol. The van der Waals surface area contributed by atoms with Gasteiger partial charge in [0.05, 0.1) is 25.4 Å². The Bertz CT molecular complexity index is 1470. The highest BCUT2D eigenvalue weighted by Crippen LogP contribution is 2.20. The lowest BCUT2D eigenvalue weighted by molar-refractivity contribution is -0.143. The van der Waals surface area contributed by atoms with Crippen LogP contribution in [-0.2, 0) is 14.3 Å². The molecular weight excluding hydrogens is 1110 g/mol. The Morgan fingerprint density at radius 3 is 0.813 bits per heavy atom. The molecule has 0 aromatic carbocycles. The molecule has 0 saturated heterocycles. The number of amides is 1. The summed E-state index contributed by atoms with van der Waals surface area (Å²) in [6.07, 6.45) is 106. The monoisotopic (exact) mass is 1280 g/mol. The van der Waals surface area contributed by atoms with E-state index in [4.69, 9.17) is 4.74 Å². The number of hydrogen-bond donors (Lipinski definition) is 3. The molecule has 0 fully saturated rings. The number of carbonyl (C=O) groups is 2. The van der Waals surface area contributed by atoms with Crippen molar-refractivity contribution in [1.82, 2.24) is 5.32 Å². The van der Waals surface area contributed by atoms with E-state index in [2.05, 4.69) is 43.5 Å². The fraction of sp³-hybridized carbons (Fsp3) is 0.906. The first-order valence-corrected chi connectivity index (χ1v) is 41.8. The van der Waals surface area contributed by atoms with Crippen molar-refractivity contribution in [2.45, 2.75) is 482 Å². The minimum atomic E-state index is -0.843. The molecule has 6 nitrogen and oxygen atoms in total.